The van der Waals surface area contributed by atoms with Crippen LogP contribution in [0.15, 0.2) is 18.2 Å². The van der Waals surface area contributed by atoms with Gasteiger partial charge in [0.05, 0.1) is 23.7 Å². The summed E-state index contributed by atoms with van der Waals surface area (Å²) in [6.45, 7) is 0.394. The molecule has 17 heavy (non-hydrogen) atoms. The van der Waals surface area contributed by atoms with E-state index >= 15 is 0 Å². The van der Waals surface area contributed by atoms with Crippen LogP contribution in [0.1, 0.15) is 5.56 Å². The molecule has 3 N–H and O–H groups in total. The van der Waals surface area contributed by atoms with Gasteiger partial charge in [-0.2, -0.15) is 0 Å². The highest BCUT2D eigenvalue weighted by molar-refractivity contribution is 6.30. The standard InChI is InChI=1S/C11H11ClFNO3/c12-7-3-6(1-2-8(7)13)11(4-17-5-11)9(14)10(15)16/h1-3,9H,4-5,14H2,(H,15,16). The fraction of sp³-hybridized carbons (Fsp3) is 0.364. The van der Waals surface area contributed by atoms with Crippen LogP contribution in [0.25, 0.3) is 0 Å². The zero-order chi connectivity index (χ0) is 12.6. The highest BCUT2D eigenvalue weighted by Gasteiger charge is 2.49. The lowest BCUT2D eigenvalue weighted by atomic mass is 9.73. The Bertz CT molecular complexity index is 462. The number of benzene rings is 1. The maximum absolute atomic E-state index is 13.1. The van der Waals surface area contributed by atoms with Gasteiger partial charge in [0.2, 0.25) is 0 Å². The molecular weight excluding hydrogens is 249 g/mol. The molecule has 0 saturated carbocycles. The van der Waals surface area contributed by atoms with E-state index in [1.54, 1.807) is 0 Å². The summed E-state index contributed by atoms with van der Waals surface area (Å²) in [4.78, 5) is 11.0. The number of carboxylic acids is 1. The Labute approximate surface area is 102 Å². The lowest BCUT2D eigenvalue weighted by Crippen LogP contribution is -2.61. The van der Waals surface area contributed by atoms with Crippen molar-refractivity contribution in [1.82, 2.24) is 0 Å². The first-order chi connectivity index (χ1) is 7.97. The third kappa shape index (κ3) is 1.90. The fourth-order valence-corrected chi connectivity index (χ4v) is 2.07. The van der Waals surface area contributed by atoms with Crippen molar-refractivity contribution in [3.8, 4) is 0 Å². The van der Waals surface area contributed by atoms with Gasteiger partial charge < -0.3 is 15.6 Å². The first-order valence-electron chi connectivity index (χ1n) is 4.99. The molecule has 1 aromatic carbocycles. The van der Waals surface area contributed by atoms with Crippen molar-refractivity contribution in [2.24, 2.45) is 5.73 Å². The maximum Gasteiger partial charge on any atom is 0.321 e. The topological polar surface area (TPSA) is 72.6 Å². The Balaban J connectivity index is 2.41. The van der Waals surface area contributed by atoms with E-state index in [9.17, 15) is 9.18 Å². The first-order valence-corrected chi connectivity index (χ1v) is 5.37. The molecule has 1 fully saturated rings. The minimum absolute atomic E-state index is 0.0497. The molecule has 0 bridgehead atoms. The van der Waals surface area contributed by atoms with Crippen LogP contribution in [0, 0.1) is 5.82 Å². The molecule has 0 aromatic heterocycles. The minimum Gasteiger partial charge on any atom is -0.480 e. The summed E-state index contributed by atoms with van der Waals surface area (Å²) in [6.07, 6.45) is 0. The van der Waals surface area contributed by atoms with E-state index in [2.05, 4.69) is 0 Å². The van der Waals surface area contributed by atoms with Crippen molar-refractivity contribution < 1.29 is 19.0 Å². The van der Waals surface area contributed by atoms with Crippen LogP contribution in [-0.4, -0.2) is 30.3 Å². The monoisotopic (exact) mass is 259 g/mol. The predicted octanol–water partition coefficient (Wildman–Crippen LogP) is 1.16. The van der Waals surface area contributed by atoms with Gasteiger partial charge in [0, 0.05) is 0 Å². The molecule has 6 heteroatoms. The molecule has 0 radical (unpaired) electrons. The van der Waals surface area contributed by atoms with Crippen molar-refractivity contribution in [2.75, 3.05) is 13.2 Å². The quantitative estimate of drug-likeness (QED) is 0.854. The fourth-order valence-electron chi connectivity index (χ4n) is 1.89. The second-order valence-electron chi connectivity index (χ2n) is 4.09. The van der Waals surface area contributed by atoms with Gasteiger partial charge in [0.25, 0.3) is 0 Å². The van der Waals surface area contributed by atoms with Gasteiger partial charge in [-0.25, -0.2) is 4.39 Å². The molecule has 1 heterocycles. The maximum atomic E-state index is 13.1. The average molecular weight is 260 g/mol. The lowest BCUT2D eigenvalue weighted by Gasteiger charge is -2.44. The van der Waals surface area contributed by atoms with E-state index < -0.39 is 23.2 Å². The smallest absolute Gasteiger partial charge is 0.321 e. The molecule has 2 rings (SSSR count). The largest absolute Gasteiger partial charge is 0.480 e. The average Bonchev–Trinajstić information content (AvgIpc) is 2.21. The summed E-state index contributed by atoms with van der Waals surface area (Å²) in [7, 11) is 0. The normalized spacial score (nSPS) is 19.5. The Kier molecular flexibility index (Phi) is 3.07. The van der Waals surface area contributed by atoms with Gasteiger partial charge in [0.1, 0.15) is 11.9 Å². The summed E-state index contributed by atoms with van der Waals surface area (Å²) >= 11 is 5.68. The highest BCUT2D eigenvalue weighted by atomic mass is 35.5. The number of rotatable bonds is 3. The number of carboxylic acid groups (broad SMARTS) is 1. The number of hydrogen-bond acceptors (Lipinski definition) is 3. The molecule has 0 amide bonds. The summed E-state index contributed by atoms with van der Waals surface area (Å²) in [5, 5.41) is 8.93. The van der Waals surface area contributed by atoms with Crippen molar-refractivity contribution in [3.63, 3.8) is 0 Å². The summed E-state index contributed by atoms with van der Waals surface area (Å²) in [5.41, 5.74) is 5.43. The summed E-state index contributed by atoms with van der Waals surface area (Å²) in [5.74, 6) is -1.66. The second-order valence-corrected chi connectivity index (χ2v) is 4.50. The van der Waals surface area contributed by atoms with Gasteiger partial charge in [-0.1, -0.05) is 17.7 Å². The molecule has 1 aliphatic heterocycles. The van der Waals surface area contributed by atoms with Crippen molar-refractivity contribution in [2.45, 2.75) is 11.5 Å². The zero-order valence-corrected chi connectivity index (χ0v) is 9.58. The molecular formula is C11H11ClFNO3. The van der Waals surface area contributed by atoms with Gasteiger partial charge in [-0.05, 0) is 17.7 Å². The molecule has 1 saturated heterocycles. The molecule has 92 valence electrons. The number of ether oxygens (including phenoxy) is 1. The van der Waals surface area contributed by atoms with Crippen LogP contribution < -0.4 is 5.73 Å². The van der Waals surface area contributed by atoms with Crippen molar-refractivity contribution in [1.29, 1.82) is 0 Å². The third-order valence-electron chi connectivity index (χ3n) is 3.08. The first kappa shape index (κ1) is 12.3. The Morgan fingerprint density at radius 2 is 2.24 bits per heavy atom. The van der Waals surface area contributed by atoms with E-state index in [1.165, 1.54) is 18.2 Å². The van der Waals surface area contributed by atoms with E-state index in [4.69, 9.17) is 27.2 Å². The number of carbonyl (C=O) groups is 1. The molecule has 4 nitrogen and oxygen atoms in total. The highest BCUT2D eigenvalue weighted by Crippen LogP contribution is 2.36. The van der Waals surface area contributed by atoms with Gasteiger partial charge >= 0.3 is 5.97 Å². The van der Waals surface area contributed by atoms with Crippen molar-refractivity contribution >= 4 is 17.6 Å². The van der Waals surface area contributed by atoms with Gasteiger partial charge in [0.15, 0.2) is 0 Å². The predicted molar refractivity (Wildman–Crippen MR) is 59.5 cm³/mol. The van der Waals surface area contributed by atoms with Crippen molar-refractivity contribution in [3.05, 3.63) is 34.6 Å². The van der Waals surface area contributed by atoms with E-state index in [0.29, 0.717) is 5.56 Å². The van der Waals surface area contributed by atoms with Crippen LogP contribution in [0.2, 0.25) is 5.02 Å². The number of halogens is 2. The van der Waals surface area contributed by atoms with Crippen LogP contribution in [-0.2, 0) is 14.9 Å². The second kappa shape index (κ2) is 4.25. The summed E-state index contributed by atoms with van der Waals surface area (Å²) < 4.78 is 18.1. The molecule has 1 unspecified atom stereocenters. The number of nitrogens with two attached hydrogens (primary N) is 1. The minimum atomic E-state index is -1.12. The Morgan fingerprint density at radius 3 is 2.65 bits per heavy atom. The van der Waals surface area contributed by atoms with E-state index in [-0.39, 0.29) is 18.2 Å². The molecule has 0 aliphatic carbocycles. The molecule has 1 atom stereocenters. The Morgan fingerprint density at radius 1 is 1.59 bits per heavy atom. The van der Waals surface area contributed by atoms with E-state index in [1.807, 2.05) is 0 Å². The van der Waals surface area contributed by atoms with Gasteiger partial charge in [-0.3, -0.25) is 4.79 Å². The third-order valence-corrected chi connectivity index (χ3v) is 3.36. The van der Waals surface area contributed by atoms with Crippen LogP contribution in [0.3, 0.4) is 0 Å². The SMILES string of the molecule is NC(C(=O)O)C1(c2ccc(F)c(Cl)c2)COC1. The molecule has 1 aliphatic rings. The van der Waals surface area contributed by atoms with Gasteiger partial charge in [-0.15, -0.1) is 0 Å². The zero-order valence-electron chi connectivity index (χ0n) is 8.82. The van der Waals surface area contributed by atoms with Crippen LogP contribution in [0.4, 0.5) is 4.39 Å². The summed E-state index contributed by atoms with van der Waals surface area (Å²) in [6, 6.07) is 3.00. The van der Waals surface area contributed by atoms with Crippen LogP contribution in [0.5, 0.6) is 0 Å². The molecule has 1 aromatic rings. The number of aliphatic carboxylic acids is 1. The number of hydrogen-bond donors (Lipinski definition) is 2. The Hall–Kier alpha value is -1.17. The lowest BCUT2D eigenvalue weighted by molar-refractivity contribution is -0.148. The molecule has 0 spiro atoms. The van der Waals surface area contributed by atoms with E-state index in [0.717, 1.165) is 0 Å². The van der Waals surface area contributed by atoms with Crippen LogP contribution >= 0.6 is 11.6 Å².